The van der Waals surface area contributed by atoms with E-state index in [0.717, 1.165) is 20.6 Å². The third kappa shape index (κ3) is 6.53. The van der Waals surface area contributed by atoms with E-state index in [4.69, 9.17) is 14.2 Å². The summed E-state index contributed by atoms with van der Waals surface area (Å²) in [6, 6.07) is 36.0. The van der Waals surface area contributed by atoms with Gasteiger partial charge in [0.05, 0.1) is 3.57 Å². The minimum atomic E-state index is -0.607. The molecule has 0 aliphatic heterocycles. The topological polar surface area (TPSA) is 27.7 Å². The summed E-state index contributed by atoms with van der Waals surface area (Å²) in [7, 11) is -0.607. The molecule has 4 rings (SSSR count). The van der Waals surface area contributed by atoms with Gasteiger partial charge < -0.3 is 14.2 Å². The number of thiol groups is 1. The molecular weight excluding hydrogens is 543 g/mol. The molecule has 0 saturated heterocycles. The zero-order valence-electron chi connectivity index (χ0n) is 18.5. The van der Waals surface area contributed by atoms with Crippen LogP contribution in [-0.4, -0.2) is 13.4 Å². The maximum Gasteiger partial charge on any atom is 0.189 e. The van der Waals surface area contributed by atoms with Crippen LogP contribution in [0.4, 0.5) is 0 Å². The number of halogens is 1. The van der Waals surface area contributed by atoms with Crippen LogP contribution in [0.5, 0.6) is 11.5 Å². The summed E-state index contributed by atoms with van der Waals surface area (Å²) in [4.78, 5) is 3.99. The third-order valence-electron chi connectivity index (χ3n) is 5.03. The van der Waals surface area contributed by atoms with Gasteiger partial charge in [-0.1, -0.05) is 42.5 Å². The molecule has 0 radical (unpaired) electrons. The van der Waals surface area contributed by atoms with Gasteiger partial charge in [-0.3, -0.25) is 0 Å². The van der Waals surface area contributed by atoms with E-state index < -0.39 is 10.9 Å². The molecule has 0 spiro atoms. The number of hydrogen-bond acceptors (Lipinski definition) is 3. The van der Waals surface area contributed by atoms with Crippen molar-refractivity contribution in [3.63, 3.8) is 0 Å². The quantitative estimate of drug-likeness (QED) is 0.0916. The van der Waals surface area contributed by atoms with E-state index in [1.807, 2.05) is 19.1 Å². The molecule has 5 heteroatoms. The lowest BCUT2D eigenvalue weighted by Gasteiger charge is -2.23. The Morgan fingerprint density at radius 1 is 0.697 bits per heavy atom. The molecule has 4 aromatic carbocycles. The number of ether oxygens (including phenoxy) is 3. The number of benzene rings is 4. The van der Waals surface area contributed by atoms with Gasteiger partial charge in [-0.05, 0) is 110 Å². The predicted molar refractivity (Wildman–Crippen MR) is 144 cm³/mol. The second-order valence-electron chi connectivity index (χ2n) is 7.31. The molecular formula is C28H27IO3S. The lowest BCUT2D eigenvalue weighted by Crippen LogP contribution is -2.04. The van der Waals surface area contributed by atoms with E-state index in [9.17, 15) is 0 Å². The van der Waals surface area contributed by atoms with Gasteiger partial charge >= 0.3 is 0 Å². The van der Waals surface area contributed by atoms with Crippen molar-refractivity contribution < 1.29 is 14.2 Å². The van der Waals surface area contributed by atoms with Crippen LogP contribution in [0.1, 0.15) is 12.5 Å². The standard InChI is InChI=1S/C28H27IO3S/c1-2-30-21-32-28-18-13-22(19-27(28)29)20-31-23-14-16-26(17-15-23)33(24-9-5-3-6-10-24)25-11-7-4-8-12-25/h3-19,33H,2,20-21H2,1H3. The summed E-state index contributed by atoms with van der Waals surface area (Å²) >= 11 is 2.28. The predicted octanol–water partition coefficient (Wildman–Crippen LogP) is 7.72. The fraction of sp³-hybridized carbons (Fsp3) is 0.143. The lowest BCUT2D eigenvalue weighted by atomic mass is 10.2. The van der Waals surface area contributed by atoms with Gasteiger partial charge in [0.25, 0.3) is 0 Å². The van der Waals surface area contributed by atoms with Gasteiger partial charge in [0, 0.05) is 6.61 Å². The van der Waals surface area contributed by atoms with Gasteiger partial charge in [-0.25, -0.2) is 0 Å². The van der Waals surface area contributed by atoms with Gasteiger partial charge in [0.15, 0.2) is 6.79 Å². The molecule has 33 heavy (non-hydrogen) atoms. The van der Waals surface area contributed by atoms with Gasteiger partial charge in [0.2, 0.25) is 0 Å². The van der Waals surface area contributed by atoms with Crippen molar-refractivity contribution in [1.29, 1.82) is 0 Å². The lowest BCUT2D eigenvalue weighted by molar-refractivity contribution is 0.0219. The van der Waals surface area contributed by atoms with Crippen LogP contribution in [0.25, 0.3) is 0 Å². The maximum absolute atomic E-state index is 6.07. The Morgan fingerprint density at radius 2 is 1.30 bits per heavy atom. The monoisotopic (exact) mass is 570 g/mol. The minimum Gasteiger partial charge on any atom is -0.489 e. The first-order valence-corrected chi connectivity index (χ1v) is 13.3. The minimum absolute atomic E-state index is 0.267. The summed E-state index contributed by atoms with van der Waals surface area (Å²) in [6.07, 6.45) is 0. The van der Waals surface area contributed by atoms with Crippen LogP contribution in [-0.2, 0) is 11.3 Å². The van der Waals surface area contributed by atoms with E-state index in [1.165, 1.54) is 14.7 Å². The Bertz CT molecular complexity index is 1100. The largest absolute Gasteiger partial charge is 0.489 e. The normalized spacial score (nSPS) is 11.2. The smallest absolute Gasteiger partial charge is 0.189 e. The first-order chi connectivity index (χ1) is 16.2. The van der Waals surface area contributed by atoms with E-state index in [2.05, 4.69) is 114 Å². The number of rotatable bonds is 10. The van der Waals surface area contributed by atoms with Crippen LogP contribution in [0, 0.1) is 3.57 Å². The molecule has 3 nitrogen and oxygen atoms in total. The Balaban J connectivity index is 1.45. The second kappa shape index (κ2) is 12.1. The van der Waals surface area contributed by atoms with Gasteiger partial charge in [-0.2, -0.15) is 10.9 Å². The van der Waals surface area contributed by atoms with Crippen LogP contribution in [0.2, 0.25) is 0 Å². The Morgan fingerprint density at radius 3 is 1.88 bits per heavy atom. The van der Waals surface area contributed by atoms with E-state index in [1.54, 1.807) is 0 Å². The van der Waals surface area contributed by atoms with Crippen molar-refractivity contribution in [1.82, 2.24) is 0 Å². The average molecular weight is 570 g/mol. The zero-order chi connectivity index (χ0) is 22.9. The molecule has 0 aliphatic carbocycles. The van der Waals surface area contributed by atoms with Crippen molar-refractivity contribution in [2.75, 3.05) is 13.4 Å². The first-order valence-electron chi connectivity index (χ1n) is 10.9. The molecule has 4 aromatic rings. The van der Waals surface area contributed by atoms with Crippen LogP contribution >= 0.6 is 33.5 Å². The molecule has 0 amide bonds. The highest BCUT2D eigenvalue weighted by atomic mass is 127. The maximum atomic E-state index is 6.07. The van der Waals surface area contributed by atoms with Crippen molar-refractivity contribution in [3.8, 4) is 11.5 Å². The summed E-state index contributed by atoms with van der Waals surface area (Å²) in [6.45, 7) is 3.36. The first kappa shape index (κ1) is 23.7. The summed E-state index contributed by atoms with van der Waals surface area (Å²) < 4.78 is 18.0. The van der Waals surface area contributed by atoms with E-state index in [-0.39, 0.29) is 6.79 Å². The van der Waals surface area contributed by atoms with Gasteiger partial charge in [-0.15, -0.1) is 0 Å². The Kier molecular flexibility index (Phi) is 8.69. The average Bonchev–Trinajstić information content (AvgIpc) is 2.86. The molecule has 0 fully saturated rings. The molecule has 0 bridgehead atoms. The fourth-order valence-corrected chi connectivity index (χ4v) is 6.42. The Labute approximate surface area is 212 Å². The highest BCUT2D eigenvalue weighted by Crippen LogP contribution is 2.51. The van der Waals surface area contributed by atoms with Crippen molar-refractivity contribution >= 4 is 33.5 Å². The zero-order valence-corrected chi connectivity index (χ0v) is 21.5. The molecule has 0 atom stereocenters. The molecule has 170 valence electrons. The summed E-state index contributed by atoms with van der Waals surface area (Å²) in [5.74, 6) is 1.69. The fourth-order valence-electron chi connectivity index (χ4n) is 3.40. The van der Waals surface area contributed by atoms with Crippen LogP contribution < -0.4 is 9.47 Å². The third-order valence-corrected chi connectivity index (χ3v) is 8.31. The molecule has 0 saturated carbocycles. The summed E-state index contributed by atoms with van der Waals surface area (Å²) in [5, 5.41) is 0. The van der Waals surface area contributed by atoms with E-state index >= 15 is 0 Å². The highest BCUT2D eigenvalue weighted by Gasteiger charge is 2.12. The van der Waals surface area contributed by atoms with E-state index in [0.29, 0.717) is 13.2 Å². The molecule has 0 unspecified atom stereocenters. The molecule has 0 heterocycles. The SMILES string of the molecule is CCOCOc1ccc(COc2ccc([SH](c3ccccc3)c3ccccc3)cc2)cc1I. The molecule has 0 aromatic heterocycles. The van der Waals surface area contributed by atoms with Crippen molar-refractivity contribution in [3.05, 3.63) is 112 Å². The van der Waals surface area contributed by atoms with Crippen molar-refractivity contribution in [2.24, 2.45) is 0 Å². The molecule has 0 N–H and O–H groups in total. The second-order valence-corrected chi connectivity index (χ2v) is 10.7. The Hall–Kier alpha value is -2.48. The van der Waals surface area contributed by atoms with Crippen molar-refractivity contribution in [2.45, 2.75) is 28.2 Å². The molecule has 0 aliphatic rings. The number of hydrogen-bond donors (Lipinski definition) is 1. The van der Waals surface area contributed by atoms with Gasteiger partial charge in [0.1, 0.15) is 18.1 Å². The highest BCUT2D eigenvalue weighted by molar-refractivity contribution is 14.1. The van der Waals surface area contributed by atoms with Crippen LogP contribution in [0.3, 0.4) is 0 Å². The van der Waals surface area contributed by atoms with Crippen LogP contribution in [0.15, 0.2) is 118 Å². The summed E-state index contributed by atoms with van der Waals surface area (Å²) in [5.41, 5.74) is 1.10.